The second kappa shape index (κ2) is 11.2. The maximum atomic E-state index is 13.7. The Morgan fingerprint density at radius 1 is 1.06 bits per heavy atom. The van der Waals surface area contributed by atoms with Gasteiger partial charge in [-0.25, -0.2) is 18.2 Å². The van der Waals surface area contributed by atoms with Crippen molar-refractivity contribution in [2.24, 2.45) is 0 Å². The first-order chi connectivity index (χ1) is 16.9. The van der Waals surface area contributed by atoms with E-state index in [9.17, 15) is 13.2 Å². The van der Waals surface area contributed by atoms with Crippen LogP contribution in [0, 0.1) is 0 Å². The number of halogens is 1. The fourth-order valence-electron chi connectivity index (χ4n) is 3.99. The standard InChI is InChI=1S/C25H28ClN3O5S/c1-2-17-33-23-21(10-9-20-11-12-27-24(26)22(20)23)35(31,32)29-14-6-13-28(15-16-29)25(30)34-18-19-7-4-3-5-8-19/h3-5,7-12H,2,6,13-18H2,1H3. The van der Waals surface area contributed by atoms with Crippen molar-refractivity contribution in [1.29, 1.82) is 0 Å². The lowest BCUT2D eigenvalue weighted by molar-refractivity contribution is 0.0980. The monoisotopic (exact) mass is 517 g/mol. The molecule has 0 radical (unpaired) electrons. The highest BCUT2D eigenvalue weighted by Gasteiger charge is 2.32. The molecule has 1 amide bonds. The third-order valence-corrected chi connectivity index (χ3v) is 8.00. The van der Waals surface area contributed by atoms with E-state index in [-0.39, 0.29) is 42.0 Å². The van der Waals surface area contributed by atoms with Gasteiger partial charge in [-0.2, -0.15) is 4.31 Å². The Bertz CT molecular complexity index is 1290. The molecule has 1 aromatic heterocycles. The Morgan fingerprint density at radius 3 is 2.63 bits per heavy atom. The predicted octanol–water partition coefficient (Wildman–Crippen LogP) is 4.71. The number of nitrogens with zero attached hydrogens (tertiary/aromatic N) is 3. The first kappa shape index (κ1) is 25.2. The molecule has 0 saturated carbocycles. The van der Waals surface area contributed by atoms with Gasteiger partial charge >= 0.3 is 6.09 Å². The quantitative estimate of drug-likeness (QED) is 0.422. The topological polar surface area (TPSA) is 89.0 Å². The van der Waals surface area contributed by atoms with Crippen LogP contribution >= 0.6 is 11.6 Å². The van der Waals surface area contributed by atoms with Crippen molar-refractivity contribution in [2.75, 3.05) is 32.8 Å². The average Bonchev–Trinajstić information content (AvgIpc) is 3.13. The van der Waals surface area contributed by atoms with Gasteiger partial charge in [0, 0.05) is 32.4 Å². The third kappa shape index (κ3) is 5.69. The number of sulfonamides is 1. The number of aromatic nitrogens is 1. The van der Waals surface area contributed by atoms with Gasteiger partial charge in [0.2, 0.25) is 10.0 Å². The molecule has 1 fully saturated rings. The van der Waals surface area contributed by atoms with Crippen molar-refractivity contribution in [3.05, 3.63) is 65.4 Å². The van der Waals surface area contributed by atoms with Gasteiger partial charge in [0.25, 0.3) is 0 Å². The summed E-state index contributed by atoms with van der Waals surface area (Å²) in [5.74, 6) is 0.214. The zero-order valence-electron chi connectivity index (χ0n) is 19.5. The molecule has 2 aromatic carbocycles. The normalized spacial score (nSPS) is 15.1. The summed E-state index contributed by atoms with van der Waals surface area (Å²) in [5.41, 5.74) is 0.893. The molecule has 10 heteroatoms. The second-order valence-electron chi connectivity index (χ2n) is 8.23. The Balaban J connectivity index is 1.53. The minimum absolute atomic E-state index is 0.0495. The van der Waals surface area contributed by atoms with Crippen LogP contribution in [0.15, 0.2) is 59.6 Å². The zero-order valence-corrected chi connectivity index (χ0v) is 21.1. The number of carbonyl (C=O) groups excluding carboxylic acids is 1. The second-order valence-corrected chi connectivity index (χ2v) is 10.5. The number of carbonyl (C=O) groups is 1. The minimum Gasteiger partial charge on any atom is -0.491 e. The highest BCUT2D eigenvalue weighted by Crippen LogP contribution is 2.38. The number of benzene rings is 2. The highest BCUT2D eigenvalue weighted by molar-refractivity contribution is 7.89. The Kier molecular flexibility index (Phi) is 8.10. The summed E-state index contributed by atoms with van der Waals surface area (Å²) in [6, 6.07) is 14.4. The largest absolute Gasteiger partial charge is 0.491 e. The third-order valence-electron chi connectivity index (χ3n) is 5.79. The van der Waals surface area contributed by atoms with Crippen molar-refractivity contribution in [3.8, 4) is 5.75 Å². The van der Waals surface area contributed by atoms with Crippen LogP contribution in [0.4, 0.5) is 4.79 Å². The average molecular weight is 518 g/mol. The molecule has 1 aliphatic rings. The summed E-state index contributed by atoms with van der Waals surface area (Å²) in [6.07, 6.45) is 2.31. The Hall–Kier alpha value is -2.88. The summed E-state index contributed by atoms with van der Waals surface area (Å²) in [6.45, 7) is 3.52. The molecule has 8 nitrogen and oxygen atoms in total. The van der Waals surface area contributed by atoms with Crippen molar-refractivity contribution in [2.45, 2.75) is 31.3 Å². The van der Waals surface area contributed by atoms with Gasteiger partial charge in [0.15, 0.2) is 0 Å². The van der Waals surface area contributed by atoms with Gasteiger partial charge in [-0.05, 0) is 35.9 Å². The fourth-order valence-corrected chi connectivity index (χ4v) is 5.85. The van der Waals surface area contributed by atoms with Crippen molar-refractivity contribution >= 4 is 38.5 Å². The number of hydrogen-bond acceptors (Lipinski definition) is 6. The molecule has 1 saturated heterocycles. The Labute approximate surface area is 210 Å². The van der Waals surface area contributed by atoms with Crippen molar-refractivity contribution in [3.63, 3.8) is 0 Å². The van der Waals surface area contributed by atoms with E-state index < -0.39 is 16.1 Å². The molecule has 0 N–H and O–H groups in total. The fraction of sp³-hybridized carbons (Fsp3) is 0.360. The minimum atomic E-state index is -3.92. The van der Waals surface area contributed by atoms with Gasteiger partial charge in [-0.1, -0.05) is 54.9 Å². The molecule has 1 aliphatic heterocycles. The number of rotatable bonds is 7. The lowest BCUT2D eigenvalue weighted by Gasteiger charge is -2.23. The van der Waals surface area contributed by atoms with E-state index in [1.165, 1.54) is 4.31 Å². The molecule has 0 atom stereocenters. The molecule has 3 aromatic rings. The van der Waals surface area contributed by atoms with Crippen LogP contribution < -0.4 is 4.74 Å². The zero-order chi connectivity index (χ0) is 24.8. The summed E-state index contributed by atoms with van der Waals surface area (Å²) >= 11 is 6.35. The van der Waals surface area contributed by atoms with E-state index in [1.807, 2.05) is 37.3 Å². The molecular weight excluding hydrogens is 490 g/mol. The van der Waals surface area contributed by atoms with Crippen LogP contribution in [0.5, 0.6) is 5.75 Å². The summed E-state index contributed by atoms with van der Waals surface area (Å²) in [5, 5.41) is 1.41. The van der Waals surface area contributed by atoms with Gasteiger partial charge in [-0.3, -0.25) is 0 Å². The Morgan fingerprint density at radius 2 is 1.86 bits per heavy atom. The molecule has 4 rings (SSSR count). The van der Waals surface area contributed by atoms with Crippen LogP contribution in [-0.4, -0.2) is 61.5 Å². The number of ether oxygens (including phenoxy) is 2. The first-order valence-electron chi connectivity index (χ1n) is 11.6. The molecule has 2 heterocycles. The lowest BCUT2D eigenvalue weighted by Crippen LogP contribution is -2.37. The van der Waals surface area contributed by atoms with E-state index >= 15 is 0 Å². The van der Waals surface area contributed by atoms with Crippen LogP contribution in [0.25, 0.3) is 10.8 Å². The van der Waals surface area contributed by atoms with Gasteiger partial charge in [0.1, 0.15) is 22.4 Å². The van der Waals surface area contributed by atoms with Gasteiger partial charge < -0.3 is 14.4 Å². The summed E-state index contributed by atoms with van der Waals surface area (Å²) in [4.78, 5) is 18.3. The lowest BCUT2D eigenvalue weighted by atomic mass is 10.1. The highest BCUT2D eigenvalue weighted by atomic mass is 35.5. The van der Waals surface area contributed by atoms with Crippen LogP contribution in [0.1, 0.15) is 25.3 Å². The van der Waals surface area contributed by atoms with E-state index in [0.717, 1.165) is 10.9 Å². The van der Waals surface area contributed by atoms with Crippen LogP contribution in [0.3, 0.4) is 0 Å². The molecule has 0 unspecified atom stereocenters. The number of hydrogen-bond donors (Lipinski definition) is 0. The number of amides is 1. The van der Waals surface area contributed by atoms with E-state index in [0.29, 0.717) is 31.4 Å². The maximum Gasteiger partial charge on any atom is 0.410 e. The molecule has 0 bridgehead atoms. The molecule has 186 valence electrons. The summed E-state index contributed by atoms with van der Waals surface area (Å²) in [7, 11) is -3.92. The summed E-state index contributed by atoms with van der Waals surface area (Å²) < 4.78 is 40.2. The SMILES string of the molecule is CCCOc1c(S(=O)(=O)N2CCCN(C(=O)OCc3ccccc3)CC2)ccc2ccnc(Cl)c12. The van der Waals surface area contributed by atoms with Crippen molar-refractivity contribution < 1.29 is 22.7 Å². The first-order valence-corrected chi connectivity index (χ1v) is 13.4. The van der Waals surface area contributed by atoms with Crippen LogP contribution in [0.2, 0.25) is 5.15 Å². The van der Waals surface area contributed by atoms with Gasteiger partial charge in [-0.15, -0.1) is 0 Å². The maximum absolute atomic E-state index is 13.7. The van der Waals surface area contributed by atoms with Crippen LogP contribution in [-0.2, 0) is 21.4 Å². The van der Waals surface area contributed by atoms with E-state index in [4.69, 9.17) is 21.1 Å². The molecule has 35 heavy (non-hydrogen) atoms. The molecular formula is C25H28ClN3O5S. The number of fused-ring (bicyclic) bond motifs is 1. The van der Waals surface area contributed by atoms with Crippen molar-refractivity contribution in [1.82, 2.24) is 14.2 Å². The molecule has 0 spiro atoms. The van der Waals surface area contributed by atoms with E-state index in [1.54, 1.807) is 29.3 Å². The smallest absolute Gasteiger partial charge is 0.410 e. The van der Waals surface area contributed by atoms with E-state index in [2.05, 4.69) is 4.98 Å². The predicted molar refractivity (Wildman–Crippen MR) is 134 cm³/mol. The molecule has 0 aliphatic carbocycles. The number of pyridine rings is 1. The van der Waals surface area contributed by atoms with Gasteiger partial charge in [0.05, 0.1) is 12.0 Å².